The molecule has 1 N–H and O–H groups in total. The van der Waals surface area contributed by atoms with Crippen LogP contribution in [0.3, 0.4) is 0 Å². The molecule has 3 aromatic heterocycles. The molecule has 0 bridgehead atoms. The Morgan fingerprint density at radius 3 is 2.34 bits per heavy atom. The molecule has 0 saturated carbocycles. The lowest BCUT2D eigenvalue weighted by Crippen LogP contribution is -2.01. The summed E-state index contributed by atoms with van der Waals surface area (Å²) >= 11 is 0. The van der Waals surface area contributed by atoms with Gasteiger partial charge in [0.2, 0.25) is 11.8 Å². The molecule has 0 unspecified atom stereocenters. The van der Waals surface area contributed by atoms with E-state index in [0.717, 1.165) is 33.9 Å². The summed E-state index contributed by atoms with van der Waals surface area (Å²) in [6.45, 7) is 2.38. The normalized spacial score (nSPS) is 11.1. The molecule has 0 aliphatic heterocycles. The third kappa shape index (κ3) is 3.34. The number of H-pyrrole nitrogens is 1. The zero-order valence-electron chi connectivity index (χ0n) is 15.8. The predicted octanol–water partition coefficient (Wildman–Crippen LogP) is 4.35. The number of nitrogens with zero attached hydrogens (tertiary/aromatic N) is 5. The Hall–Kier alpha value is -4.00. The molecule has 0 aliphatic rings. The SMILES string of the molecule is Cc1cc(-c2c(-c3ccccc3)ncn2Cc2nnc(-c3ccccc3)o2)n[nH]1. The summed E-state index contributed by atoms with van der Waals surface area (Å²) in [6.07, 6.45) is 1.79. The molecular formula is C22H18N6O. The number of benzene rings is 2. The van der Waals surface area contributed by atoms with Gasteiger partial charge in [0.05, 0.1) is 17.7 Å². The van der Waals surface area contributed by atoms with E-state index in [-0.39, 0.29) is 0 Å². The van der Waals surface area contributed by atoms with Gasteiger partial charge in [-0.25, -0.2) is 4.98 Å². The Labute approximate surface area is 167 Å². The molecule has 142 valence electrons. The third-order valence-electron chi connectivity index (χ3n) is 4.63. The maximum Gasteiger partial charge on any atom is 0.247 e. The van der Waals surface area contributed by atoms with Gasteiger partial charge in [-0.3, -0.25) is 5.10 Å². The molecule has 0 radical (unpaired) electrons. The van der Waals surface area contributed by atoms with Gasteiger partial charge in [0.15, 0.2) is 0 Å². The average Bonchev–Trinajstić information content (AvgIpc) is 3.50. The summed E-state index contributed by atoms with van der Waals surface area (Å²) in [4.78, 5) is 4.65. The number of hydrogen-bond acceptors (Lipinski definition) is 5. The van der Waals surface area contributed by atoms with Crippen molar-refractivity contribution >= 4 is 0 Å². The van der Waals surface area contributed by atoms with Crippen LogP contribution in [0.25, 0.3) is 34.1 Å². The number of imidazole rings is 1. The number of hydrogen-bond donors (Lipinski definition) is 1. The highest BCUT2D eigenvalue weighted by Gasteiger charge is 2.19. The highest BCUT2D eigenvalue weighted by molar-refractivity contribution is 5.76. The highest BCUT2D eigenvalue weighted by atomic mass is 16.4. The van der Waals surface area contributed by atoms with E-state index in [9.17, 15) is 0 Å². The molecule has 0 saturated heterocycles. The van der Waals surface area contributed by atoms with Crippen LogP contribution in [0.5, 0.6) is 0 Å². The highest BCUT2D eigenvalue weighted by Crippen LogP contribution is 2.31. The van der Waals surface area contributed by atoms with Crippen molar-refractivity contribution in [2.45, 2.75) is 13.5 Å². The summed E-state index contributed by atoms with van der Waals surface area (Å²) in [5, 5.41) is 15.9. The molecule has 3 heterocycles. The minimum atomic E-state index is 0.404. The van der Waals surface area contributed by atoms with E-state index in [1.54, 1.807) is 6.33 Å². The zero-order chi connectivity index (χ0) is 19.6. The van der Waals surface area contributed by atoms with Crippen molar-refractivity contribution in [3.63, 3.8) is 0 Å². The molecule has 0 aliphatic carbocycles. The number of aromatic nitrogens is 6. The van der Waals surface area contributed by atoms with Crippen molar-refractivity contribution < 1.29 is 4.42 Å². The van der Waals surface area contributed by atoms with Crippen LogP contribution in [0.4, 0.5) is 0 Å². The summed E-state index contributed by atoms with van der Waals surface area (Å²) in [7, 11) is 0. The molecule has 29 heavy (non-hydrogen) atoms. The lowest BCUT2D eigenvalue weighted by molar-refractivity contribution is 0.489. The van der Waals surface area contributed by atoms with Crippen molar-refractivity contribution in [2.75, 3.05) is 0 Å². The molecule has 7 heteroatoms. The molecule has 5 aromatic rings. The van der Waals surface area contributed by atoms with Crippen molar-refractivity contribution in [1.82, 2.24) is 29.9 Å². The van der Waals surface area contributed by atoms with Gasteiger partial charge in [0.25, 0.3) is 0 Å². The van der Waals surface area contributed by atoms with Crippen LogP contribution in [0.1, 0.15) is 11.6 Å². The van der Waals surface area contributed by atoms with E-state index in [1.807, 2.05) is 78.2 Å². The number of aromatic amines is 1. The predicted molar refractivity (Wildman–Crippen MR) is 109 cm³/mol. The monoisotopic (exact) mass is 382 g/mol. The molecule has 0 fully saturated rings. The first-order chi connectivity index (χ1) is 14.3. The first-order valence-electron chi connectivity index (χ1n) is 9.28. The number of nitrogens with one attached hydrogen (secondary N) is 1. The maximum atomic E-state index is 5.89. The van der Waals surface area contributed by atoms with E-state index >= 15 is 0 Å². The fourth-order valence-electron chi connectivity index (χ4n) is 3.28. The van der Waals surface area contributed by atoms with Crippen LogP contribution >= 0.6 is 0 Å². The minimum Gasteiger partial charge on any atom is -0.419 e. The lowest BCUT2D eigenvalue weighted by atomic mass is 10.1. The van der Waals surface area contributed by atoms with E-state index in [0.29, 0.717) is 18.3 Å². The topological polar surface area (TPSA) is 85.4 Å². The van der Waals surface area contributed by atoms with Crippen LogP contribution < -0.4 is 0 Å². The molecule has 0 spiro atoms. The standard InChI is InChI=1S/C22H18N6O/c1-15-12-18(25-24-15)21-20(16-8-4-2-5-9-16)23-14-28(21)13-19-26-27-22(29-19)17-10-6-3-7-11-17/h2-12,14H,13H2,1H3,(H,24,25). The van der Waals surface area contributed by atoms with Crippen molar-refractivity contribution in [1.29, 1.82) is 0 Å². The van der Waals surface area contributed by atoms with Crippen molar-refractivity contribution in [3.8, 4) is 34.1 Å². The van der Waals surface area contributed by atoms with Gasteiger partial charge in [-0.15, -0.1) is 10.2 Å². The Kier molecular flexibility index (Phi) is 4.25. The lowest BCUT2D eigenvalue weighted by Gasteiger charge is -2.06. The van der Waals surface area contributed by atoms with Gasteiger partial charge in [0.1, 0.15) is 12.2 Å². The molecule has 7 nitrogen and oxygen atoms in total. The van der Waals surface area contributed by atoms with Crippen molar-refractivity contribution in [3.05, 3.63) is 84.6 Å². The molecule has 0 atom stereocenters. The van der Waals surface area contributed by atoms with Gasteiger partial charge < -0.3 is 8.98 Å². The first kappa shape index (κ1) is 17.1. The van der Waals surface area contributed by atoms with E-state index in [2.05, 4.69) is 25.4 Å². The third-order valence-corrected chi connectivity index (χ3v) is 4.63. The molecule has 5 rings (SSSR count). The largest absolute Gasteiger partial charge is 0.419 e. The Balaban J connectivity index is 1.54. The van der Waals surface area contributed by atoms with E-state index in [1.165, 1.54) is 0 Å². The summed E-state index contributed by atoms with van der Waals surface area (Å²) in [5.74, 6) is 1.01. The van der Waals surface area contributed by atoms with E-state index in [4.69, 9.17) is 4.42 Å². The quantitative estimate of drug-likeness (QED) is 0.488. The fourth-order valence-corrected chi connectivity index (χ4v) is 3.28. The maximum absolute atomic E-state index is 5.89. The number of rotatable bonds is 5. The number of aryl methyl sites for hydroxylation is 1. The molecular weight excluding hydrogens is 364 g/mol. The Morgan fingerprint density at radius 2 is 1.66 bits per heavy atom. The van der Waals surface area contributed by atoms with Crippen LogP contribution in [-0.2, 0) is 6.54 Å². The van der Waals surface area contributed by atoms with Gasteiger partial charge >= 0.3 is 0 Å². The Bertz CT molecular complexity index is 1240. The second-order valence-electron chi connectivity index (χ2n) is 6.74. The Morgan fingerprint density at radius 1 is 0.931 bits per heavy atom. The summed E-state index contributed by atoms with van der Waals surface area (Å²) in [5.41, 5.74) is 5.49. The average molecular weight is 382 g/mol. The fraction of sp³-hybridized carbons (Fsp3) is 0.0909. The van der Waals surface area contributed by atoms with E-state index < -0.39 is 0 Å². The molecule has 2 aromatic carbocycles. The second-order valence-corrected chi connectivity index (χ2v) is 6.74. The first-order valence-corrected chi connectivity index (χ1v) is 9.28. The second kappa shape index (κ2) is 7.20. The summed E-state index contributed by atoms with van der Waals surface area (Å²) in [6, 6.07) is 21.8. The van der Waals surface area contributed by atoms with Crippen molar-refractivity contribution in [2.24, 2.45) is 0 Å². The van der Waals surface area contributed by atoms with Crippen LogP contribution in [-0.4, -0.2) is 29.9 Å². The van der Waals surface area contributed by atoms with Gasteiger partial charge in [-0.2, -0.15) is 5.10 Å². The van der Waals surface area contributed by atoms with Crippen LogP contribution in [0, 0.1) is 6.92 Å². The van der Waals surface area contributed by atoms with Gasteiger partial charge in [0, 0.05) is 16.8 Å². The van der Waals surface area contributed by atoms with Crippen LogP contribution in [0.2, 0.25) is 0 Å². The zero-order valence-corrected chi connectivity index (χ0v) is 15.8. The smallest absolute Gasteiger partial charge is 0.247 e. The minimum absolute atomic E-state index is 0.404. The van der Waals surface area contributed by atoms with Crippen LogP contribution in [0.15, 0.2) is 77.5 Å². The summed E-state index contributed by atoms with van der Waals surface area (Å²) < 4.78 is 7.87. The van der Waals surface area contributed by atoms with Gasteiger partial charge in [-0.05, 0) is 25.1 Å². The molecule has 0 amide bonds. The van der Waals surface area contributed by atoms with Gasteiger partial charge in [-0.1, -0.05) is 48.5 Å².